The highest BCUT2D eigenvalue weighted by atomic mass is 16.6. The molecule has 4 atom stereocenters. The summed E-state index contributed by atoms with van der Waals surface area (Å²) >= 11 is 0. The zero-order valence-electron chi connectivity index (χ0n) is 22.7. The number of aliphatic carboxylic acids is 1. The molecule has 1 unspecified atom stereocenters. The van der Waals surface area contributed by atoms with E-state index in [-0.39, 0.29) is 18.1 Å². The number of carboxylic acids is 1. The number of rotatable bonds is 7. The molecule has 2 aliphatic rings. The lowest BCUT2D eigenvalue weighted by atomic mass is 9.74. The van der Waals surface area contributed by atoms with E-state index in [1.54, 1.807) is 37.8 Å². The summed E-state index contributed by atoms with van der Waals surface area (Å²) in [5.41, 5.74) is 1.78. The number of hydrogen-bond acceptors (Lipinski definition) is 6. The monoisotopic (exact) mass is 538 g/mol. The van der Waals surface area contributed by atoms with Gasteiger partial charge in [-0.3, -0.25) is 9.59 Å². The van der Waals surface area contributed by atoms with Crippen molar-refractivity contribution in [3.63, 3.8) is 0 Å². The van der Waals surface area contributed by atoms with Gasteiger partial charge in [-0.1, -0.05) is 36.4 Å². The van der Waals surface area contributed by atoms with Gasteiger partial charge in [0.25, 0.3) is 0 Å². The molecule has 210 valence electrons. The van der Waals surface area contributed by atoms with Gasteiger partial charge in [0.2, 0.25) is 5.91 Å². The van der Waals surface area contributed by atoms with Crippen molar-refractivity contribution in [1.82, 2.24) is 10.2 Å². The van der Waals surface area contributed by atoms with Crippen LogP contribution in [0.1, 0.15) is 56.3 Å². The number of hydrogen-bond donors (Lipinski definition) is 4. The third kappa shape index (κ3) is 6.89. The number of fused-ring (bicyclic) bond motifs is 1. The van der Waals surface area contributed by atoms with Crippen molar-refractivity contribution in [2.45, 2.75) is 64.2 Å². The van der Waals surface area contributed by atoms with Crippen molar-refractivity contribution in [3.05, 3.63) is 65.2 Å². The molecule has 9 nitrogen and oxygen atoms in total. The molecule has 0 radical (unpaired) electrons. The summed E-state index contributed by atoms with van der Waals surface area (Å²) in [4.78, 5) is 40.7. The molecule has 39 heavy (non-hydrogen) atoms. The van der Waals surface area contributed by atoms with Gasteiger partial charge in [0.1, 0.15) is 11.4 Å². The lowest BCUT2D eigenvalue weighted by Crippen LogP contribution is -2.48. The number of ether oxygens (including phenoxy) is 1. The standard InChI is InChI=1S/C30H38N2O7/c1-30(2,3)39-29(38)32-13-11-19(12-14-32)25(28(36)37)23(16-18-7-6-9-21(33)15-18)27(35)31-26-22-10-5-4-8-20(22)17-24(26)34/h4-10,15,19,23-26,33-34H,11-14,16-17H2,1-3H3,(H,31,35)(H,36,37)/t23?,24-,25+,26+/m1/s1. The molecule has 0 aromatic heterocycles. The van der Waals surface area contributed by atoms with Crippen LogP contribution in [0.25, 0.3) is 0 Å². The number of aliphatic hydroxyl groups is 1. The largest absolute Gasteiger partial charge is 0.508 e. The normalized spacial score (nSPS) is 21.1. The van der Waals surface area contributed by atoms with E-state index >= 15 is 0 Å². The Morgan fingerprint density at radius 1 is 1.08 bits per heavy atom. The molecule has 1 aliphatic heterocycles. The number of amides is 2. The molecule has 2 aromatic carbocycles. The lowest BCUT2D eigenvalue weighted by molar-refractivity contribution is -0.151. The summed E-state index contributed by atoms with van der Waals surface area (Å²) in [6.45, 7) is 6.05. The van der Waals surface area contributed by atoms with E-state index in [0.717, 1.165) is 11.1 Å². The van der Waals surface area contributed by atoms with Gasteiger partial charge in [0, 0.05) is 19.5 Å². The van der Waals surface area contributed by atoms with Crippen LogP contribution in [0.4, 0.5) is 4.79 Å². The first-order valence-electron chi connectivity index (χ1n) is 13.5. The van der Waals surface area contributed by atoms with E-state index in [1.807, 2.05) is 24.3 Å². The van der Waals surface area contributed by atoms with Crippen LogP contribution >= 0.6 is 0 Å². The number of likely N-dealkylation sites (tertiary alicyclic amines) is 1. The van der Waals surface area contributed by atoms with Crippen molar-refractivity contribution in [1.29, 1.82) is 0 Å². The molecule has 1 aliphatic carbocycles. The van der Waals surface area contributed by atoms with Crippen LogP contribution in [0.3, 0.4) is 0 Å². The highest BCUT2D eigenvalue weighted by Crippen LogP contribution is 2.36. The quantitative estimate of drug-likeness (QED) is 0.422. The SMILES string of the molecule is CC(C)(C)OC(=O)N1CCC([C@H](C(=O)O)C(Cc2cccc(O)c2)C(=O)N[C@H]2c3ccccc3C[C@H]2O)CC1. The fourth-order valence-corrected chi connectivity index (χ4v) is 5.80. The molecule has 9 heteroatoms. The first kappa shape index (κ1) is 28.4. The molecule has 2 amide bonds. The van der Waals surface area contributed by atoms with Gasteiger partial charge in [-0.15, -0.1) is 0 Å². The van der Waals surface area contributed by atoms with Crippen molar-refractivity contribution in [2.75, 3.05) is 13.1 Å². The number of benzene rings is 2. The van der Waals surface area contributed by atoms with Crippen LogP contribution in [0.15, 0.2) is 48.5 Å². The first-order valence-corrected chi connectivity index (χ1v) is 13.5. The van der Waals surface area contributed by atoms with Crippen molar-refractivity contribution in [2.24, 2.45) is 17.8 Å². The van der Waals surface area contributed by atoms with Crippen LogP contribution in [0.5, 0.6) is 5.75 Å². The number of carbonyl (C=O) groups is 3. The summed E-state index contributed by atoms with van der Waals surface area (Å²) < 4.78 is 5.47. The second kappa shape index (κ2) is 11.7. The zero-order valence-corrected chi connectivity index (χ0v) is 22.7. The highest BCUT2D eigenvalue weighted by Gasteiger charge is 2.43. The summed E-state index contributed by atoms with van der Waals surface area (Å²) in [7, 11) is 0. The molecule has 0 bridgehead atoms. The topological polar surface area (TPSA) is 136 Å². The van der Waals surface area contributed by atoms with E-state index < -0.39 is 47.6 Å². The molecule has 4 N–H and O–H groups in total. The van der Waals surface area contributed by atoms with Crippen LogP contribution in [-0.2, 0) is 27.2 Å². The predicted octanol–water partition coefficient (Wildman–Crippen LogP) is 3.67. The number of aliphatic hydroxyl groups excluding tert-OH is 1. The Hall–Kier alpha value is -3.59. The maximum absolute atomic E-state index is 13.8. The third-order valence-corrected chi connectivity index (χ3v) is 7.62. The number of nitrogens with zero attached hydrogens (tertiary/aromatic N) is 1. The molecule has 0 spiro atoms. The predicted molar refractivity (Wildman–Crippen MR) is 144 cm³/mol. The number of carboxylic acid groups (broad SMARTS) is 1. The second-order valence-electron chi connectivity index (χ2n) is 11.6. The Morgan fingerprint density at radius 3 is 2.41 bits per heavy atom. The highest BCUT2D eigenvalue weighted by molar-refractivity contribution is 5.85. The van der Waals surface area contributed by atoms with Crippen molar-refractivity contribution in [3.8, 4) is 5.75 Å². The van der Waals surface area contributed by atoms with Gasteiger partial charge < -0.3 is 30.3 Å². The summed E-state index contributed by atoms with van der Waals surface area (Å²) in [5, 5.41) is 34.0. The number of carbonyl (C=O) groups excluding carboxylic acids is 2. The average Bonchev–Trinajstić information content (AvgIpc) is 3.17. The van der Waals surface area contributed by atoms with Gasteiger partial charge in [0.05, 0.1) is 24.0 Å². The Balaban J connectivity index is 1.56. The van der Waals surface area contributed by atoms with Gasteiger partial charge in [-0.25, -0.2) is 4.79 Å². The van der Waals surface area contributed by atoms with E-state index in [9.17, 15) is 29.7 Å². The van der Waals surface area contributed by atoms with Crippen LogP contribution in [-0.4, -0.2) is 63.0 Å². The Labute approximate surface area is 228 Å². The summed E-state index contributed by atoms with van der Waals surface area (Å²) in [6.07, 6.45) is 0.0885. The second-order valence-corrected chi connectivity index (χ2v) is 11.6. The molecule has 1 saturated heterocycles. The summed E-state index contributed by atoms with van der Waals surface area (Å²) in [6, 6.07) is 13.3. The number of nitrogens with one attached hydrogen (secondary N) is 1. The third-order valence-electron chi connectivity index (χ3n) is 7.62. The fourth-order valence-electron chi connectivity index (χ4n) is 5.80. The smallest absolute Gasteiger partial charge is 0.410 e. The zero-order chi connectivity index (χ0) is 28.3. The van der Waals surface area contributed by atoms with E-state index in [1.165, 1.54) is 12.1 Å². The molecule has 4 rings (SSSR count). The average molecular weight is 539 g/mol. The summed E-state index contributed by atoms with van der Waals surface area (Å²) in [5.74, 6) is -3.84. The maximum atomic E-state index is 13.8. The van der Waals surface area contributed by atoms with Crippen LogP contribution in [0, 0.1) is 17.8 Å². The minimum atomic E-state index is -1.08. The van der Waals surface area contributed by atoms with Crippen LogP contribution in [0.2, 0.25) is 0 Å². The number of piperidine rings is 1. The minimum Gasteiger partial charge on any atom is -0.508 e. The minimum absolute atomic E-state index is 0.0318. The van der Waals surface area contributed by atoms with Crippen molar-refractivity contribution < 1.29 is 34.4 Å². The molecule has 0 saturated carbocycles. The molecule has 1 heterocycles. The van der Waals surface area contributed by atoms with Gasteiger partial charge in [-0.2, -0.15) is 0 Å². The van der Waals surface area contributed by atoms with Crippen molar-refractivity contribution >= 4 is 18.0 Å². The van der Waals surface area contributed by atoms with E-state index in [2.05, 4.69) is 5.32 Å². The van der Waals surface area contributed by atoms with Gasteiger partial charge in [0.15, 0.2) is 0 Å². The Kier molecular flexibility index (Phi) is 8.49. The van der Waals surface area contributed by atoms with Crippen LogP contribution < -0.4 is 5.32 Å². The maximum Gasteiger partial charge on any atom is 0.410 e. The number of phenolic OH excluding ortho intramolecular Hbond substituents is 1. The first-order chi connectivity index (χ1) is 18.4. The molecular weight excluding hydrogens is 500 g/mol. The van der Waals surface area contributed by atoms with Gasteiger partial charge in [-0.05, 0) is 74.8 Å². The molecule has 2 aromatic rings. The number of phenols is 1. The Morgan fingerprint density at radius 2 is 1.77 bits per heavy atom. The Bertz CT molecular complexity index is 1200. The van der Waals surface area contributed by atoms with Gasteiger partial charge >= 0.3 is 12.1 Å². The number of aromatic hydroxyl groups is 1. The van der Waals surface area contributed by atoms with E-state index in [0.29, 0.717) is 37.9 Å². The lowest BCUT2D eigenvalue weighted by Gasteiger charge is -2.38. The van der Waals surface area contributed by atoms with E-state index in [4.69, 9.17) is 4.74 Å². The molecular formula is C30H38N2O7. The fraction of sp³-hybridized carbons (Fsp3) is 0.500. The molecule has 1 fully saturated rings.